The molecule has 4 unspecified atom stereocenters. The quantitative estimate of drug-likeness (QED) is 0.0222. The van der Waals surface area contributed by atoms with E-state index < -0.39 is 97.5 Å². The number of rotatable bonds is 79. The number of phosphoric ester groups is 2. The predicted octanol–water partition coefficient (Wildman–Crippen LogP) is 24.1. The highest BCUT2D eigenvalue weighted by Crippen LogP contribution is 2.45. The van der Waals surface area contributed by atoms with E-state index in [4.69, 9.17) is 37.0 Å². The summed E-state index contributed by atoms with van der Waals surface area (Å²) in [5.41, 5.74) is 0. The van der Waals surface area contributed by atoms with Gasteiger partial charge in [-0.1, -0.05) is 370 Å². The molecule has 0 radical (unpaired) electrons. The highest BCUT2D eigenvalue weighted by molar-refractivity contribution is 7.47. The first kappa shape index (κ1) is 98.1. The maximum absolute atomic E-state index is 13.1. The van der Waals surface area contributed by atoms with Gasteiger partial charge in [0, 0.05) is 25.7 Å². The number of hydrogen-bond acceptors (Lipinski definition) is 15. The number of esters is 4. The van der Waals surface area contributed by atoms with Gasteiger partial charge in [-0.3, -0.25) is 37.3 Å². The van der Waals surface area contributed by atoms with Crippen molar-refractivity contribution in [3.05, 3.63) is 0 Å². The third-order valence-corrected chi connectivity index (χ3v) is 21.5. The Hall–Kier alpha value is -1.94. The van der Waals surface area contributed by atoms with Crippen molar-refractivity contribution in [2.24, 2.45) is 17.8 Å². The number of phosphoric acid groups is 2. The monoisotopic (exact) mass is 1470 g/mol. The number of carbonyl (C=O) groups is 4. The molecule has 0 saturated carbocycles. The van der Waals surface area contributed by atoms with Gasteiger partial charge < -0.3 is 33.8 Å². The highest BCUT2D eigenvalue weighted by atomic mass is 31.2. The second-order valence-electron chi connectivity index (χ2n) is 30.1. The Kier molecular flexibility index (Phi) is 69.9. The minimum atomic E-state index is -4.96. The van der Waals surface area contributed by atoms with Crippen LogP contribution in [0, 0.1) is 17.8 Å². The van der Waals surface area contributed by atoms with Gasteiger partial charge in [-0.2, -0.15) is 0 Å². The van der Waals surface area contributed by atoms with Crippen LogP contribution in [0.5, 0.6) is 0 Å². The molecule has 0 aromatic rings. The molecule has 0 aromatic heterocycles. The van der Waals surface area contributed by atoms with Crippen molar-refractivity contribution < 1.29 is 80.2 Å². The predicted molar refractivity (Wildman–Crippen MR) is 409 cm³/mol. The average molecular weight is 1470 g/mol. The first-order chi connectivity index (χ1) is 48.3. The van der Waals surface area contributed by atoms with Gasteiger partial charge >= 0.3 is 39.5 Å². The molecule has 3 N–H and O–H groups in total. The van der Waals surface area contributed by atoms with Gasteiger partial charge in [-0.05, 0) is 43.4 Å². The lowest BCUT2D eigenvalue weighted by Crippen LogP contribution is -2.30. The van der Waals surface area contributed by atoms with Crippen LogP contribution in [0.25, 0.3) is 0 Å². The summed E-state index contributed by atoms with van der Waals surface area (Å²) in [4.78, 5) is 73.0. The number of carbonyl (C=O) groups excluding carboxylic acids is 4. The number of aliphatic hydroxyl groups is 1. The standard InChI is InChI=1S/C81H158O17P2/c1-8-11-12-13-14-15-16-17-25-31-36-41-50-57-64-81(86)98-77(69-92-79(84)63-56-49-44-43-47-54-61-74(7)10-3)71-96-100(89,90)94-67-75(82)66-93-99(87,88)95-70-76(97-80(85)65-58-51-42-37-32-27-20-18-19-23-28-33-38-45-52-59-72(4)5)68-91-78(83)62-55-48-40-35-30-26-22-21-24-29-34-39-46-53-60-73(6)9-2/h72-77,82H,8-71H2,1-7H3,(H,87,88)(H,89,90)/t73?,74?,75-,76-,77-/m1/s1. The maximum atomic E-state index is 13.1. The molecule has 17 nitrogen and oxygen atoms in total. The molecule has 100 heavy (non-hydrogen) atoms. The van der Waals surface area contributed by atoms with Crippen LogP contribution in [0.2, 0.25) is 0 Å². The number of hydrogen-bond donors (Lipinski definition) is 3. The van der Waals surface area contributed by atoms with E-state index in [-0.39, 0.29) is 25.7 Å². The Balaban J connectivity index is 5.25. The van der Waals surface area contributed by atoms with E-state index in [0.29, 0.717) is 25.7 Å². The molecule has 0 rings (SSSR count). The van der Waals surface area contributed by atoms with Gasteiger partial charge in [-0.25, -0.2) is 9.13 Å². The lowest BCUT2D eigenvalue weighted by Gasteiger charge is -2.21. The first-order valence-corrected chi connectivity index (χ1v) is 44.9. The summed E-state index contributed by atoms with van der Waals surface area (Å²) in [5, 5.41) is 10.6. The smallest absolute Gasteiger partial charge is 0.462 e. The molecule has 0 amide bonds. The molecule has 0 aliphatic heterocycles. The fraction of sp³-hybridized carbons (Fsp3) is 0.951. The maximum Gasteiger partial charge on any atom is 0.472 e. The summed E-state index contributed by atoms with van der Waals surface area (Å²) < 4.78 is 68.7. The molecule has 0 heterocycles. The van der Waals surface area contributed by atoms with Crippen molar-refractivity contribution >= 4 is 39.5 Å². The van der Waals surface area contributed by atoms with Crippen molar-refractivity contribution in [2.45, 2.75) is 439 Å². The second-order valence-corrected chi connectivity index (χ2v) is 33.0. The lowest BCUT2D eigenvalue weighted by atomic mass is 9.99. The zero-order valence-electron chi connectivity index (χ0n) is 65.7. The molecule has 0 saturated heterocycles. The van der Waals surface area contributed by atoms with E-state index in [2.05, 4.69) is 48.5 Å². The zero-order chi connectivity index (χ0) is 73.7. The first-order valence-electron chi connectivity index (χ1n) is 41.9. The second kappa shape index (κ2) is 71.3. The third kappa shape index (κ3) is 71.7. The zero-order valence-corrected chi connectivity index (χ0v) is 67.5. The van der Waals surface area contributed by atoms with Crippen LogP contribution in [0.15, 0.2) is 0 Å². The molecule has 0 aromatic carbocycles. The summed E-state index contributed by atoms with van der Waals surface area (Å²) >= 11 is 0. The summed E-state index contributed by atoms with van der Waals surface area (Å²) in [6.45, 7) is 12.0. The van der Waals surface area contributed by atoms with Gasteiger partial charge in [0.15, 0.2) is 12.2 Å². The van der Waals surface area contributed by atoms with E-state index in [1.165, 1.54) is 225 Å². The van der Waals surface area contributed by atoms with E-state index in [1.54, 1.807) is 0 Å². The average Bonchev–Trinajstić information content (AvgIpc) is 0.916. The van der Waals surface area contributed by atoms with Crippen LogP contribution in [0.4, 0.5) is 0 Å². The van der Waals surface area contributed by atoms with Gasteiger partial charge in [0.25, 0.3) is 0 Å². The fourth-order valence-electron chi connectivity index (χ4n) is 12.4. The van der Waals surface area contributed by atoms with Crippen molar-refractivity contribution in [1.82, 2.24) is 0 Å². The lowest BCUT2D eigenvalue weighted by molar-refractivity contribution is -0.161. The SMILES string of the molecule is CCCCCCCCCCCCCCCCC(=O)O[C@H](COC(=O)CCCCCCCCC(C)CC)COP(=O)(O)OC[C@H](O)COP(=O)(O)OC[C@@H](COC(=O)CCCCCCCCCCCCCCCCC(C)CC)OC(=O)CCCCCCCCCCCCCCCCCC(C)C. The summed E-state index contributed by atoms with van der Waals surface area (Å²) in [6, 6.07) is 0. The Labute approximate surface area is 613 Å². The molecular weight excluding hydrogens is 1310 g/mol. The molecular formula is C81H158O17P2. The number of unbranched alkanes of at least 4 members (excludes halogenated alkanes) is 45. The molecule has 7 atom stereocenters. The van der Waals surface area contributed by atoms with Gasteiger partial charge in [0.2, 0.25) is 0 Å². The number of aliphatic hydroxyl groups excluding tert-OH is 1. The van der Waals surface area contributed by atoms with Gasteiger partial charge in [0.05, 0.1) is 26.4 Å². The number of ether oxygens (including phenoxy) is 4. The summed E-state index contributed by atoms with van der Waals surface area (Å²) in [6.07, 6.45) is 59.5. The fourth-order valence-corrected chi connectivity index (χ4v) is 14.0. The van der Waals surface area contributed by atoms with Crippen molar-refractivity contribution in [3.63, 3.8) is 0 Å². The molecule has 0 bridgehead atoms. The topological polar surface area (TPSA) is 237 Å². The van der Waals surface area contributed by atoms with Crippen LogP contribution in [-0.2, 0) is 65.4 Å². The molecule has 19 heteroatoms. The van der Waals surface area contributed by atoms with Crippen molar-refractivity contribution in [3.8, 4) is 0 Å². The Morgan fingerprint density at radius 1 is 0.290 bits per heavy atom. The highest BCUT2D eigenvalue weighted by Gasteiger charge is 2.30. The van der Waals surface area contributed by atoms with Crippen LogP contribution in [-0.4, -0.2) is 96.7 Å². The molecule has 0 spiro atoms. The van der Waals surface area contributed by atoms with Crippen LogP contribution >= 0.6 is 15.6 Å². The summed E-state index contributed by atoms with van der Waals surface area (Å²) in [7, 11) is -9.92. The molecule has 594 valence electrons. The Morgan fingerprint density at radius 3 is 0.760 bits per heavy atom. The minimum Gasteiger partial charge on any atom is -0.462 e. The van der Waals surface area contributed by atoms with Crippen molar-refractivity contribution in [1.29, 1.82) is 0 Å². The Bertz CT molecular complexity index is 1940. The van der Waals surface area contributed by atoms with Crippen LogP contribution in [0.3, 0.4) is 0 Å². The van der Waals surface area contributed by atoms with Crippen LogP contribution < -0.4 is 0 Å². The normalized spacial score (nSPS) is 14.5. The van der Waals surface area contributed by atoms with Gasteiger partial charge in [-0.15, -0.1) is 0 Å². The van der Waals surface area contributed by atoms with E-state index >= 15 is 0 Å². The molecule has 0 fully saturated rings. The largest absolute Gasteiger partial charge is 0.472 e. The van der Waals surface area contributed by atoms with E-state index in [9.17, 15) is 43.2 Å². The molecule has 0 aliphatic rings. The summed E-state index contributed by atoms with van der Waals surface area (Å²) in [5.74, 6) is 0.273. The molecule has 0 aliphatic carbocycles. The Morgan fingerprint density at radius 2 is 0.510 bits per heavy atom. The third-order valence-electron chi connectivity index (χ3n) is 19.6. The van der Waals surface area contributed by atoms with E-state index in [0.717, 1.165) is 114 Å². The van der Waals surface area contributed by atoms with Crippen molar-refractivity contribution in [2.75, 3.05) is 39.6 Å². The van der Waals surface area contributed by atoms with Gasteiger partial charge in [0.1, 0.15) is 19.3 Å². The van der Waals surface area contributed by atoms with E-state index in [1.807, 2.05) is 0 Å². The van der Waals surface area contributed by atoms with Crippen LogP contribution in [0.1, 0.15) is 421 Å². The minimum absolute atomic E-state index is 0.107.